The second-order valence-electron chi connectivity index (χ2n) is 6.67. The van der Waals surface area contributed by atoms with E-state index in [2.05, 4.69) is 25.5 Å². The summed E-state index contributed by atoms with van der Waals surface area (Å²) in [5.74, 6) is 2.55. The van der Waals surface area contributed by atoms with Crippen molar-refractivity contribution in [3.05, 3.63) is 66.6 Å². The molecule has 0 fully saturated rings. The van der Waals surface area contributed by atoms with Crippen LogP contribution in [0.5, 0.6) is 11.5 Å². The molecule has 4 rings (SSSR count). The minimum Gasteiger partial charge on any atom is -0.457 e. The van der Waals surface area contributed by atoms with Gasteiger partial charge in [-0.15, -0.1) is 0 Å². The molecule has 0 aliphatic carbocycles. The van der Waals surface area contributed by atoms with Crippen LogP contribution >= 0.6 is 0 Å². The average Bonchev–Trinajstić information content (AvgIpc) is 3.23. The Morgan fingerprint density at radius 2 is 1.77 bits per heavy atom. The van der Waals surface area contributed by atoms with Gasteiger partial charge in [0.1, 0.15) is 17.3 Å². The average molecular weight is 403 g/mol. The summed E-state index contributed by atoms with van der Waals surface area (Å²) in [6.07, 6.45) is 1.66. The highest BCUT2D eigenvalue weighted by molar-refractivity contribution is 5.88. The van der Waals surface area contributed by atoms with E-state index in [1.807, 2.05) is 54.6 Å². The van der Waals surface area contributed by atoms with Crippen LogP contribution in [0.1, 0.15) is 5.82 Å². The lowest BCUT2D eigenvalue weighted by Gasteiger charge is -2.14. The third-order valence-electron chi connectivity index (χ3n) is 4.20. The van der Waals surface area contributed by atoms with E-state index in [9.17, 15) is 0 Å². The van der Waals surface area contributed by atoms with Gasteiger partial charge in [0, 0.05) is 19.8 Å². The van der Waals surface area contributed by atoms with Gasteiger partial charge < -0.3 is 19.7 Å². The maximum Gasteiger partial charge on any atom is 0.284 e. The van der Waals surface area contributed by atoms with Crippen LogP contribution in [0, 0.1) is 5.41 Å². The molecule has 0 bridgehead atoms. The van der Waals surface area contributed by atoms with Gasteiger partial charge in [0.2, 0.25) is 0 Å². The third kappa shape index (κ3) is 4.46. The highest BCUT2D eigenvalue weighted by atomic mass is 16.5. The molecule has 0 radical (unpaired) electrons. The molecule has 9 heteroatoms. The Labute approximate surface area is 173 Å². The molecule has 0 saturated carbocycles. The fourth-order valence-electron chi connectivity index (χ4n) is 2.67. The number of hydrogen-bond acceptors (Lipinski definition) is 7. The van der Waals surface area contributed by atoms with Gasteiger partial charge in [-0.05, 0) is 36.4 Å². The molecule has 0 unspecified atom stereocenters. The predicted molar refractivity (Wildman–Crippen MR) is 114 cm³/mol. The molecule has 0 aliphatic heterocycles. The molecule has 0 amide bonds. The minimum absolute atomic E-state index is 0.0341. The number of ether oxygens (including phenoxy) is 2. The number of H-pyrrole nitrogens is 1. The second kappa shape index (κ2) is 8.48. The first-order valence-electron chi connectivity index (χ1n) is 9.27. The van der Waals surface area contributed by atoms with Crippen molar-refractivity contribution in [2.24, 2.45) is 0 Å². The van der Waals surface area contributed by atoms with Crippen LogP contribution in [0.25, 0.3) is 11.0 Å². The van der Waals surface area contributed by atoms with E-state index in [1.54, 1.807) is 25.2 Å². The van der Waals surface area contributed by atoms with Crippen LogP contribution in [0.3, 0.4) is 0 Å². The summed E-state index contributed by atoms with van der Waals surface area (Å²) < 4.78 is 11.2. The highest BCUT2D eigenvalue weighted by Crippen LogP contribution is 2.26. The van der Waals surface area contributed by atoms with Crippen LogP contribution in [-0.4, -0.2) is 45.2 Å². The first-order chi connectivity index (χ1) is 14.6. The number of aromatic nitrogens is 4. The van der Waals surface area contributed by atoms with Crippen molar-refractivity contribution in [3.63, 3.8) is 0 Å². The van der Waals surface area contributed by atoms with Crippen molar-refractivity contribution in [1.82, 2.24) is 25.1 Å². The van der Waals surface area contributed by atoms with E-state index in [0.717, 1.165) is 22.6 Å². The molecule has 3 N–H and O–H groups in total. The maximum absolute atomic E-state index is 7.76. The van der Waals surface area contributed by atoms with Gasteiger partial charge in [0.05, 0.1) is 11.6 Å². The number of nitrogens with zero attached hydrogens (tertiary/aromatic N) is 4. The predicted octanol–water partition coefficient (Wildman–Crippen LogP) is 3.90. The van der Waals surface area contributed by atoms with Crippen LogP contribution < -0.4 is 10.1 Å². The zero-order valence-electron chi connectivity index (χ0n) is 16.6. The summed E-state index contributed by atoms with van der Waals surface area (Å²) >= 11 is 0. The van der Waals surface area contributed by atoms with Gasteiger partial charge in [-0.2, -0.15) is 5.10 Å². The molecule has 0 saturated heterocycles. The van der Waals surface area contributed by atoms with Gasteiger partial charge in [-0.1, -0.05) is 18.2 Å². The largest absolute Gasteiger partial charge is 0.457 e. The number of benzene rings is 2. The molecule has 0 aliphatic rings. The first kappa shape index (κ1) is 19.2. The number of para-hydroxylation sites is 1. The Balaban J connectivity index is 1.51. The molecule has 2 heterocycles. The fourth-order valence-corrected chi connectivity index (χ4v) is 2.67. The lowest BCUT2D eigenvalue weighted by atomic mass is 10.3. The van der Waals surface area contributed by atoms with Crippen LogP contribution in [-0.2, 0) is 11.3 Å². The lowest BCUT2D eigenvalue weighted by Crippen LogP contribution is -2.23. The zero-order valence-corrected chi connectivity index (χ0v) is 16.6. The molecular formula is C21H21N7O2. The van der Waals surface area contributed by atoms with Crippen molar-refractivity contribution in [1.29, 1.82) is 5.41 Å². The second-order valence-corrected chi connectivity index (χ2v) is 6.67. The Bertz CT molecular complexity index is 1140. The first-order valence-corrected chi connectivity index (χ1v) is 9.27. The molecule has 0 atom stereocenters. The summed E-state index contributed by atoms with van der Waals surface area (Å²) in [5.41, 5.74) is 1.43. The monoisotopic (exact) mass is 403 g/mol. The van der Waals surface area contributed by atoms with E-state index in [1.165, 1.54) is 0 Å². The summed E-state index contributed by atoms with van der Waals surface area (Å²) in [5, 5.41) is 18.7. The van der Waals surface area contributed by atoms with E-state index < -0.39 is 0 Å². The highest BCUT2D eigenvalue weighted by Gasteiger charge is 2.12. The van der Waals surface area contributed by atoms with Gasteiger partial charge in [-0.3, -0.25) is 10.5 Å². The molecule has 0 spiro atoms. The summed E-state index contributed by atoms with van der Waals surface area (Å²) in [6.45, 7) is 0.0739. The molecule has 152 valence electrons. The van der Waals surface area contributed by atoms with Crippen molar-refractivity contribution in [2.75, 3.05) is 19.4 Å². The summed E-state index contributed by atoms with van der Waals surface area (Å²) in [7, 11) is 3.47. The van der Waals surface area contributed by atoms with Gasteiger partial charge in [-0.25, -0.2) is 9.97 Å². The molecule has 2 aromatic carbocycles. The zero-order chi connectivity index (χ0) is 20.9. The Kier molecular flexibility index (Phi) is 5.42. The topological polar surface area (TPSA) is 112 Å². The van der Waals surface area contributed by atoms with E-state index in [-0.39, 0.29) is 12.6 Å². The van der Waals surface area contributed by atoms with Crippen molar-refractivity contribution < 1.29 is 9.47 Å². The smallest absolute Gasteiger partial charge is 0.284 e. The number of aromatic amines is 1. The standard InChI is InChI=1S/C21H21N7O2/c1-28(2)21(22)29-13-18-25-19(17-12-23-27-20(17)26-18)24-14-8-10-16(11-9-14)30-15-6-4-3-5-7-15/h3-12,22H,13H2,1-2H3,(H2,23,24,25,26,27). The summed E-state index contributed by atoms with van der Waals surface area (Å²) in [4.78, 5) is 10.5. The Hall–Kier alpha value is -4.14. The van der Waals surface area contributed by atoms with E-state index >= 15 is 0 Å². The van der Waals surface area contributed by atoms with Crippen molar-refractivity contribution >= 4 is 28.6 Å². The minimum atomic E-state index is 0.0341. The fraction of sp³-hybridized carbons (Fsp3) is 0.143. The SMILES string of the molecule is CN(C)C(=N)OCc1nc(Nc2ccc(Oc3ccccc3)cc2)c2cn[nH]c2n1. The van der Waals surface area contributed by atoms with Gasteiger partial charge >= 0.3 is 0 Å². The van der Waals surface area contributed by atoms with Crippen LogP contribution in [0.2, 0.25) is 0 Å². The normalized spacial score (nSPS) is 10.6. The number of fused-ring (bicyclic) bond motifs is 1. The number of rotatable bonds is 6. The molecule has 9 nitrogen and oxygen atoms in total. The van der Waals surface area contributed by atoms with Crippen LogP contribution in [0.15, 0.2) is 60.8 Å². The number of anilines is 2. The number of hydrogen-bond donors (Lipinski definition) is 3. The van der Waals surface area contributed by atoms with Crippen molar-refractivity contribution in [3.8, 4) is 11.5 Å². The van der Waals surface area contributed by atoms with Crippen LogP contribution in [0.4, 0.5) is 11.5 Å². The van der Waals surface area contributed by atoms with Gasteiger partial charge in [0.25, 0.3) is 6.02 Å². The summed E-state index contributed by atoms with van der Waals surface area (Å²) in [6, 6.07) is 17.2. The molecular weight excluding hydrogens is 382 g/mol. The van der Waals surface area contributed by atoms with Crippen molar-refractivity contribution in [2.45, 2.75) is 6.61 Å². The Morgan fingerprint density at radius 3 is 2.50 bits per heavy atom. The maximum atomic E-state index is 7.76. The Morgan fingerprint density at radius 1 is 1.03 bits per heavy atom. The lowest BCUT2D eigenvalue weighted by molar-refractivity contribution is 0.235. The van der Waals surface area contributed by atoms with Gasteiger partial charge in [0.15, 0.2) is 18.1 Å². The number of amidine groups is 1. The van der Waals surface area contributed by atoms with E-state index in [0.29, 0.717) is 17.3 Å². The van der Waals surface area contributed by atoms with E-state index in [4.69, 9.17) is 14.9 Å². The molecule has 4 aromatic rings. The molecule has 2 aromatic heterocycles. The third-order valence-corrected chi connectivity index (χ3v) is 4.20. The molecule has 30 heavy (non-hydrogen) atoms. The number of nitrogens with one attached hydrogen (secondary N) is 3. The quantitative estimate of drug-likeness (QED) is 0.331.